The molecule has 1 aromatic rings. The van der Waals surface area contributed by atoms with Crippen LogP contribution in [0.3, 0.4) is 0 Å². The fourth-order valence-electron chi connectivity index (χ4n) is 1.15. The first-order valence-corrected chi connectivity index (χ1v) is 3.60. The third-order valence-electron chi connectivity index (χ3n) is 1.75. The Bertz CT molecular complexity index is 325. The minimum Gasteiger partial charge on any atom is -0.420 e. The number of Topliss-reactive ketones (excluding diaryl/α,β-unsaturated/α-hetero) is 1. The van der Waals surface area contributed by atoms with Crippen LogP contribution in [-0.2, 0) is 16.0 Å². The molecule has 0 bridgehead atoms. The van der Waals surface area contributed by atoms with Gasteiger partial charge in [-0.2, -0.15) is 0 Å². The van der Waals surface area contributed by atoms with Crippen LogP contribution in [0.4, 0.5) is 0 Å². The van der Waals surface area contributed by atoms with Crippen molar-refractivity contribution in [1.82, 2.24) is 6.15 Å². The van der Waals surface area contributed by atoms with E-state index in [0.717, 1.165) is 5.56 Å². The highest BCUT2D eigenvalue weighted by Gasteiger charge is 2.24. The first-order chi connectivity index (χ1) is 5.77. The van der Waals surface area contributed by atoms with E-state index >= 15 is 0 Å². The summed E-state index contributed by atoms with van der Waals surface area (Å²) in [6.45, 7) is 0. The molecule has 1 aliphatic heterocycles. The Labute approximate surface area is 75.1 Å². The van der Waals surface area contributed by atoms with E-state index in [1.54, 1.807) is 18.2 Å². The number of para-hydroxylation sites is 1. The zero-order valence-electron chi connectivity index (χ0n) is 6.95. The number of ketones is 1. The van der Waals surface area contributed by atoms with Crippen LogP contribution in [0.25, 0.3) is 0 Å². The molecule has 0 spiro atoms. The van der Waals surface area contributed by atoms with Gasteiger partial charge >= 0.3 is 5.97 Å². The molecule has 68 valence electrons. The van der Waals surface area contributed by atoms with Crippen LogP contribution >= 0.6 is 0 Å². The highest BCUT2D eigenvalue weighted by molar-refractivity contribution is 6.35. The van der Waals surface area contributed by atoms with E-state index in [9.17, 15) is 9.59 Å². The molecule has 0 amide bonds. The Kier molecular flexibility index (Phi) is 2.44. The third-order valence-corrected chi connectivity index (χ3v) is 1.75. The molecule has 2 rings (SSSR count). The molecule has 4 heteroatoms. The number of hydrogen-bond donors (Lipinski definition) is 1. The van der Waals surface area contributed by atoms with E-state index in [-0.39, 0.29) is 12.6 Å². The van der Waals surface area contributed by atoms with Crippen molar-refractivity contribution < 1.29 is 14.3 Å². The second kappa shape index (κ2) is 3.37. The molecule has 1 aromatic carbocycles. The van der Waals surface area contributed by atoms with Gasteiger partial charge in [0.15, 0.2) is 0 Å². The highest BCUT2D eigenvalue weighted by atomic mass is 16.5. The molecule has 0 radical (unpaired) electrons. The van der Waals surface area contributed by atoms with E-state index < -0.39 is 11.8 Å². The van der Waals surface area contributed by atoms with Gasteiger partial charge in [-0.25, -0.2) is 4.79 Å². The number of benzene rings is 1. The van der Waals surface area contributed by atoms with E-state index in [1.165, 1.54) is 0 Å². The maximum atomic E-state index is 10.9. The predicted molar refractivity (Wildman–Crippen MR) is 45.8 cm³/mol. The molecule has 0 atom stereocenters. The lowest BCUT2D eigenvalue weighted by Crippen LogP contribution is -2.27. The maximum Gasteiger partial charge on any atom is 0.380 e. The molecule has 4 nitrogen and oxygen atoms in total. The quantitative estimate of drug-likeness (QED) is 0.364. The van der Waals surface area contributed by atoms with Crippen LogP contribution in [-0.4, -0.2) is 11.8 Å². The van der Waals surface area contributed by atoms with Crippen molar-refractivity contribution in [2.45, 2.75) is 6.42 Å². The average molecular weight is 179 g/mol. The molecule has 1 aliphatic rings. The summed E-state index contributed by atoms with van der Waals surface area (Å²) in [6, 6.07) is 7.03. The zero-order chi connectivity index (χ0) is 8.55. The van der Waals surface area contributed by atoms with Crippen molar-refractivity contribution in [3.8, 4) is 5.75 Å². The Hall–Kier alpha value is -1.68. The standard InChI is InChI=1S/C9H6O3.H3N/c10-7-5-6-3-1-2-4-8(6)12-9(7)11;/h1-4H,5H2;1H3. The summed E-state index contributed by atoms with van der Waals surface area (Å²) < 4.78 is 4.76. The number of hydrogen-bond acceptors (Lipinski definition) is 4. The van der Waals surface area contributed by atoms with Crippen LogP contribution in [0.15, 0.2) is 24.3 Å². The molecular weight excluding hydrogens is 170 g/mol. The van der Waals surface area contributed by atoms with Gasteiger partial charge in [-0.05, 0) is 6.07 Å². The van der Waals surface area contributed by atoms with Crippen molar-refractivity contribution in [2.75, 3.05) is 0 Å². The van der Waals surface area contributed by atoms with Crippen molar-refractivity contribution >= 4 is 11.8 Å². The normalized spacial score (nSPS) is 14.2. The Balaban J connectivity index is 0.000000845. The predicted octanol–water partition coefficient (Wildman–Crippen LogP) is 0.879. The summed E-state index contributed by atoms with van der Waals surface area (Å²) in [5.41, 5.74) is 0.780. The van der Waals surface area contributed by atoms with E-state index in [4.69, 9.17) is 4.74 Å². The first-order valence-electron chi connectivity index (χ1n) is 3.60. The van der Waals surface area contributed by atoms with Gasteiger partial charge in [0.1, 0.15) is 5.75 Å². The van der Waals surface area contributed by atoms with Crippen LogP contribution in [0.2, 0.25) is 0 Å². The number of rotatable bonds is 0. The van der Waals surface area contributed by atoms with Gasteiger partial charge in [0.25, 0.3) is 0 Å². The van der Waals surface area contributed by atoms with Gasteiger partial charge in [0.05, 0.1) is 0 Å². The number of carbonyl (C=O) groups excluding carboxylic acids is 2. The summed E-state index contributed by atoms with van der Waals surface area (Å²) in [5, 5.41) is 0. The number of carbonyl (C=O) groups is 2. The average Bonchev–Trinajstić information content (AvgIpc) is 2.07. The minimum absolute atomic E-state index is 0. The lowest BCUT2D eigenvalue weighted by Gasteiger charge is -2.12. The van der Waals surface area contributed by atoms with Gasteiger partial charge in [-0.1, -0.05) is 18.2 Å². The second-order valence-electron chi connectivity index (χ2n) is 2.60. The largest absolute Gasteiger partial charge is 0.420 e. The first kappa shape index (κ1) is 9.41. The Morgan fingerprint density at radius 1 is 1.15 bits per heavy atom. The lowest BCUT2D eigenvalue weighted by molar-refractivity contribution is -0.147. The molecule has 1 heterocycles. The van der Waals surface area contributed by atoms with Gasteiger partial charge in [0.2, 0.25) is 5.78 Å². The van der Waals surface area contributed by atoms with Gasteiger partial charge in [0, 0.05) is 12.0 Å². The van der Waals surface area contributed by atoms with Crippen molar-refractivity contribution in [1.29, 1.82) is 0 Å². The van der Waals surface area contributed by atoms with E-state index in [0.29, 0.717) is 5.75 Å². The fourth-order valence-corrected chi connectivity index (χ4v) is 1.15. The van der Waals surface area contributed by atoms with Crippen LogP contribution < -0.4 is 10.9 Å². The van der Waals surface area contributed by atoms with E-state index in [1.807, 2.05) is 6.07 Å². The van der Waals surface area contributed by atoms with Crippen molar-refractivity contribution in [3.63, 3.8) is 0 Å². The summed E-state index contributed by atoms with van der Waals surface area (Å²) in [5.74, 6) is -0.732. The highest BCUT2D eigenvalue weighted by Crippen LogP contribution is 2.22. The fraction of sp³-hybridized carbons (Fsp3) is 0.111. The summed E-state index contributed by atoms with van der Waals surface area (Å²) in [7, 11) is 0. The van der Waals surface area contributed by atoms with Crippen LogP contribution in [0.5, 0.6) is 5.75 Å². The topological polar surface area (TPSA) is 78.4 Å². The van der Waals surface area contributed by atoms with Crippen molar-refractivity contribution in [3.05, 3.63) is 29.8 Å². The zero-order valence-corrected chi connectivity index (χ0v) is 6.95. The number of fused-ring (bicyclic) bond motifs is 1. The number of esters is 1. The van der Waals surface area contributed by atoms with Gasteiger partial charge in [-0.15, -0.1) is 0 Å². The summed E-state index contributed by atoms with van der Waals surface area (Å²) in [4.78, 5) is 21.7. The van der Waals surface area contributed by atoms with Crippen LogP contribution in [0.1, 0.15) is 5.56 Å². The number of ether oxygens (including phenoxy) is 1. The molecule has 0 unspecified atom stereocenters. The molecule has 0 aromatic heterocycles. The summed E-state index contributed by atoms with van der Waals surface area (Å²) >= 11 is 0. The lowest BCUT2D eigenvalue weighted by atomic mass is 10.1. The molecule has 0 fully saturated rings. The van der Waals surface area contributed by atoms with Crippen LogP contribution in [0, 0.1) is 0 Å². The smallest absolute Gasteiger partial charge is 0.380 e. The SMILES string of the molecule is N.O=C1Cc2ccccc2OC1=O. The maximum absolute atomic E-state index is 10.9. The molecular formula is C9H9NO3. The monoisotopic (exact) mass is 179 g/mol. The second-order valence-corrected chi connectivity index (χ2v) is 2.60. The summed E-state index contributed by atoms with van der Waals surface area (Å²) in [6.07, 6.45) is 0.162. The van der Waals surface area contributed by atoms with Gasteiger partial charge < -0.3 is 10.9 Å². The molecule has 0 aliphatic carbocycles. The molecule has 13 heavy (non-hydrogen) atoms. The van der Waals surface area contributed by atoms with Gasteiger partial charge in [-0.3, -0.25) is 4.79 Å². The van der Waals surface area contributed by atoms with E-state index in [2.05, 4.69) is 0 Å². The molecule has 3 N–H and O–H groups in total. The third kappa shape index (κ3) is 1.57. The minimum atomic E-state index is -0.756. The Morgan fingerprint density at radius 3 is 2.62 bits per heavy atom. The Morgan fingerprint density at radius 2 is 1.85 bits per heavy atom. The molecule has 0 saturated heterocycles. The van der Waals surface area contributed by atoms with Crippen molar-refractivity contribution in [2.24, 2.45) is 0 Å². The molecule has 0 saturated carbocycles.